The van der Waals surface area contributed by atoms with Gasteiger partial charge in [0.2, 0.25) is 5.95 Å². The van der Waals surface area contributed by atoms with Crippen LogP contribution in [0, 0.1) is 0 Å². The van der Waals surface area contributed by atoms with Gasteiger partial charge in [0, 0.05) is 11.9 Å². The van der Waals surface area contributed by atoms with Gasteiger partial charge in [0.25, 0.3) is 0 Å². The molecule has 0 fully saturated rings. The number of nitrogens with one attached hydrogen (secondary N) is 1. The maximum Gasteiger partial charge on any atom is 0.204 e. The highest BCUT2D eigenvalue weighted by atomic mass is 16.3. The van der Waals surface area contributed by atoms with Crippen molar-refractivity contribution in [3.05, 3.63) is 24.3 Å². The molecule has 25 heavy (non-hydrogen) atoms. The number of benzene rings is 1. The van der Waals surface area contributed by atoms with Gasteiger partial charge in [-0.3, -0.25) is 0 Å². The highest BCUT2D eigenvalue weighted by Gasteiger charge is 2.22. The molecule has 6 heteroatoms. The number of rotatable bonds is 5. The summed E-state index contributed by atoms with van der Waals surface area (Å²) in [6.07, 6.45) is 0.986. The van der Waals surface area contributed by atoms with Gasteiger partial charge in [-0.25, -0.2) is 9.97 Å². The van der Waals surface area contributed by atoms with Crippen molar-refractivity contribution in [3.8, 4) is 0 Å². The number of aromatic nitrogens is 3. The fourth-order valence-corrected chi connectivity index (χ4v) is 2.77. The molecule has 0 radical (unpaired) electrons. The number of pyridine rings is 1. The molecule has 3 rings (SSSR count). The van der Waals surface area contributed by atoms with Crippen molar-refractivity contribution in [1.29, 1.82) is 0 Å². The van der Waals surface area contributed by atoms with Crippen LogP contribution >= 0.6 is 0 Å². The van der Waals surface area contributed by atoms with E-state index < -0.39 is 5.60 Å². The second-order valence-corrected chi connectivity index (χ2v) is 6.47. The average Bonchev–Trinajstić information content (AvgIpc) is 2.92. The van der Waals surface area contributed by atoms with Gasteiger partial charge in [-0.2, -0.15) is 0 Å². The second kappa shape index (κ2) is 7.70. The first-order valence-corrected chi connectivity index (χ1v) is 8.91. The molecule has 0 aliphatic heterocycles. The molecule has 0 bridgehead atoms. The summed E-state index contributed by atoms with van der Waals surface area (Å²) >= 11 is 0. The smallest absolute Gasteiger partial charge is 0.204 e. The third-order valence-corrected chi connectivity index (χ3v) is 3.69. The molecule has 136 valence electrons. The summed E-state index contributed by atoms with van der Waals surface area (Å²) in [5.41, 5.74) is 7.67. The Bertz CT molecular complexity index is 848. The average molecular weight is 343 g/mol. The molecular weight excluding hydrogens is 314 g/mol. The van der Waals surface area contributed by atoms with Crippen LogP contribution in [0.25, 0.3) is 21.9 Å². The zero-order valence-corrected chi connectivity index (χ0v) is 15.8. The van der Waals surface area contributed by atoms with Gasteiger partial charge in [0.05, 0.1) is 23.2 Å². The van der Waals surface area contributed by atoms with Gasteiger partial charge in [-0.05, 0) is 26.3 Å². The fraction of sp³-hybridized carbons (Fsp3) is 0.474. The number of hydrogen-bond acceptors (Lipinski definition) is 5. The standard InChI is InChI=1S/C17H23N5O.C2H6/c1-4-9-19-16-21-13-14(22(16)10-17(2,3)23)11-7-5-6-8-12(11)20-15(13)18;1-2/h5-8,23H,4,9-10H2,1-3H3,(H2,18,20)(H,19,21);1-2H3. The van der Waals surface area contributed by atoms with Crippen molar-refractivity contribution < 1.29 is 5.11 Å². The topological polar surface area (TPSA) is 89.0 Å². The van der Waals surface area contributed by atoms with Crippen LogP contribution in [0.2, 0.25) is 0 Å². The number of hydrogen-bond donors (Lipinski definition) is 3. The first-order chi connectivity index (χ1) is 11.9. The highest BCUT2D eigenvalue weighted by Crippen LogP contribution is 2.31. The quantitative estimate of drug-likeness (QED) is 0.656. The maximum absolute atomic E-state index is 10.3. The van der Waals surface area contributed by atoms with Crippen LogP contribution in [0.1, 0.15) is 41.0 Å². The first-order valence-electron chi connectivity index (χ1n) is 8.91. The Morgan fingerprint density at radius 3 is 2.52 bits per heavy atom. The van der Waals surface area contributed by atoms with Gasteiger partial charge >= 0.3 is 0 Å². The monoisotopic (exact) mass is 343 g/mol. The second-order valence-electron chi connectivity index (χ2n) is 6.47. The molecule has 0 saturated heterocycles. The van der Waals surface area contributed by atoms with E-state index in [0.717, 1.165) is 29.4 Å². The number of para-hydroxylation sites is 1. The molecule has 3 aromatic rings. The lowest BCUT2D eigenvalue weighted by Gasteiger charge is -2.20. The van der Waals surface area contributed by atoms with Gasteiger partial charge in [-0.15, -0.1) is 0 Å². The largest absolute Gasteiger partial charge is 0.389 e. The lowest BCUT2D eigenvalue weighted by Crippen LogP contribution is -2.27. The van der Waals surface area contributed by atoms with Crippen LogP contribution < -0.4 is 11.1 Å². The molecular formula is C19H29N5O. The van der Waals surface area contributed by atoms with Crippen molar-refractivity contribution in [2.75, 3.05) is 17.6 Å². The molecule has 2 heterocycles. The molecule has 0 atom stereocenters. The van der Waals surface area contributed by atoms with Crippen molar-refractivity contribution in [3.63, 3.8) is 0 Å². The summed E-state index contributed by atoms with van der Waals surface area (Å²) in [6.45, 7) is 10.9. The van der Waals surface area contributed by atoms with Gasteiger partial charge in [-0.1, -0.05) is 39.0 Å². The molecule has 0 amide bonds. The highest BCUT2D eigenvalue weighted by molar-refractivity contribution is 6.07. The fourth-order valence-electron chi connectivity index (χ4n) is 2.77. The van der Waals surface area contributed by atoms with Crippen LogP contribution in [0.4, 0.5) is 11.8 Å². The van der Waals surface area contributed by atoms with E-state index in [0.29, 0.717) is 23.8 Å². The van der Waals surface area contributed by atoms with Crippen LogP contribution in [0.15, 0.2) is 24.3 Å². The van der Waals surface area contributed by atoms with E-state index in [1.807, 2.05) is 42.7 Å². The maximum atomic E-state index is 10.3. The summed E-state index contributed by atoms with van der Waals surface area (Å²) in [7, 11) is 0. The van der Waals surface area contributed by atoms with Crippen molar-refractivity contribution >= 4 is 33.7 Å². The Kier molecular flexibility index (Phi) is 5.85. The molecule has 6 nitrogen and oxygen atoms in total. The van der Waals surface area contributed by atoms with E-state index in [1.54, 1.807) is 13.8 Å². The van der Waals surface area contributed by atoms with Crippen LogP contribution in [-0.2, 0) is 6.54 Å². The summed E-state index contributed by atoms with van der Waals surface area (Å²) < 4.78 is 2.01. The molecule has 4 N–H and O–H groups in total. The predicted octanol–water partition coefficient (Wildman–Crippen LogP) is 3.79. The van der Waals surface area contributed by atoms with Crippen molar-refractivity contribution in [1.82, 2.24) is 14.5 Å². The summed E-state index contributed by atoms with van der Waals surface area (Å²) in [5.74, 6) is 1.13. The summed E-state index contributed by atoms with van der Waals surface area (Å²) in [4.78, 5) is 9.08. The Morgan fingerprint density at radius 1 is 1.20 bits per heavy atom. The Labute approximate surface area is 149 Å². The predicted molar refractivity (Wildman–Crippen MR) is 106 cm³/mol. The first kappa shape index (κ1) is 19.0. The van der Waals surface area contributed by atoms with Crippen molar-refractivity contribution in [2.24, 2.45) is 0 Å². The normalized spacial score (nSPS) is 11.4. The number of anilines is 2. The zero-order chi connectivity index (χ0) is 18.6. The van der Waals surface area contributed by atoms with E-state index in [-0.39, 0.29) is 0 Å². The van der Waals surface area contributed by atoms with E-state index in [9.17, 15) is 5.11 Å². The number of aliphatic hydroxyl groups is 1. The van der Waals surface area contributed by atoms with Crippen molar-refractivity contribution in [2.45, 2.75) is 53.2 Å². The molecule has 0 spiro atoms. The minimum absolute atomic E-state index is 0.410. The number of nitrogen functional groups attached to an aromatic ring is 1. The van der Waals surface area contributed by atoms with Gasteiger partial charge in [0.15, 0.2) is 5.82 Å². The number of nitrogens with two attached hydrogens (primary N) is 1. The molecule has 0 aliphatic carbocycles. The van der Waals surface area contributed by atoms with E-state index in [4.69, 9.17) is 5.73 Å². The SMILES string of the molecule is CC.CCCNc1nc2c(N)nc3ccccc3c2n1CC(C)(C)O. The number of imidazole rings is 1. The third kappa shape index (κ3) is 4.02. The minimum atomic E-state index is -0.866. The lowest BCUT2D eigenvalue weighted by molar-refractivity contribution is 0.0633. The Hall–Kier alpha value is -2.34. The lowest BCUT2D eigenvalue weighted by atomic mass is 10.1. The molecule has 0 aliphatic rings. The van der Waals surface area contributed by atoms with E-state index >= 15 is 0 Å². The van der Waals surface area contributed by atoms with Crippen LogP contribution in [-0.4, -0.2) is 31.8 Å². The summed E-state index contributed by atoms with van der Waals surface area (Å²) in [5, 5.41) is 14.6. The van der Waals surface area contributed by atoms with Crippen LogP contribution in [0.3, 0.4) is 0 Å². The van der Waals surface area contributed by atoms with Crippen LogP contribution in [0.5, 0.6) is 0 Å². The van der Waals surface area contributed by atoms with Gasteiger partial charge in [0.1, 0.15) is 5.52 Å². The number of fused-ring (bicyclic) bond motifs is 3. The Balaban J connectivity index is 0.00000109. The molecule has 1 aromatic carbocycles. The minimum Gasteiger partial charge on any atom is -0.389 e. The van der Waals surface area contributed by atoms with E-state index in [2.05, 4.69) is 22.2 Å². The summed E-state index contributed by atoms with van der Waals surface area (Å²) in [6, 6.07) is 7.86. The van der Waals surface area contributed by atoms with Gasteiger partial charge < -0.3 is 20.7 Å². The Morgan fingerprint density at radius 2 is 1.88 bits per heavy atom. The molecule has 0 unspecified atom stereocenters. The number of nitrogens with zero attached hydrogens (tertiary/aromatic N) is 3. The van der Waals surface area contributed by atoms with E-state index in [1.165, 1.54) is 0 Å². The zero-order valence-electron chi connectivity index (χ0n) is 15.8. The molecule has 2 aromatic heterocycles. The third-order valence-electron chi connectivity index (χ3n) is 3.69. The molecule has 0 saturated carbocycles.